The van der Waals surface area contributed by atoms with Crippen molar-refractivity contribution >= 4 is 35.1 Å². The van der Waals surface area contributed by atoms with Gasteiger partial charge in [0.2, 0.25) is 0 Å². The molecule has 7 nitrogen and oxygen atoms in total. The van der Waals surface area contributed by atoms with Crippen LogP contribution >= 0.6 is 11.6 Å². The highest BCUT2D eigenvalue weighted by Crippen LogP contribution is 2.15. The number of rotatable bonds is 7. The number of nitrogens with one attached hydrogen (secondary N) is 3. The minimum atomic E-state index is -0.699. The van der Waals surface area contributed by atoms with Crippen molar-refractivity contribution in [3.8, 4) is 0 Å². The third-order valence-electron chi connectivity index (χ3n) is 3.32. The van der Waals surface area contributed by atoms with E-state index in [2.05, 4.69) is 15.6 Å². The van der Waals surface area contributed by atoms with Crippen LogP contribution in [0.1, 0.15) is 34.7 Å². The molecule has 0 atom stereocenters. The van der Waals surface area contributed by atoms with Crippen LogP contribution in [0.3, 0.4) is 0 Å². The van der Waals surface area contributed by atoms with Crippen molar-refractivity contribution in [2.45, 2.75) is 13.8 Å². The van der Waals surface area contributed by atoms with E-state index < -0.39 is 18.5 Å². The van der Waals surface area contributed by atoms with Crippen LogP contribution in [0.5, 0.6) is 0 Å². The Morgan fingerprint density at radius 2 is 1.96 bits per heavy atom. The van der Waals surface area contributed by atoms with Gasteiger partial charge in [0.05, 0.1) is 16.3 Å². The zero-order chi connectivity index (χ0) is 19.1. The number of H-pyrrole nitrogens is 1. The van der Waals surface area contributed by atoms with Gasteiger partial charge in [-0.2, -0.15) is 0 Å². The summed E-state index contributed by atoms with van der Waals surface area (Å²) in [7, 11) is 0. The quantitative estimate of drug-likeness (QED) is 0.646. The summed E-state index contributed by atoms with van der Waals surface area (Å²) in [6.07, 6.45) is 1.43. The summed E-state index contributed by atoms with van der Waals surface area (Å²) in [5.74, 6) is -1.23. The van der Waals surface area contributed by atoms with Gasteiger partial charge in [-0.05, 0) is 24.1 Å². The first-order valence-corrected chi connectivity index (χ1v) is 8.42. The molecule has 0 aliphatic heterocycles. The van der Waals surface area contributed by atoms with Crippen LogP contribution in [0.25, 0.3) is 0 Å². The van der Waals surface area contributed by atoms with Crippen LogP contribution in [0.2, 0.25) is 5.02 Å². The molecular weight excluding hydrogens is 358 g/mol. The maximum atomic E-state index is 12.2. The van der Waals surface area contributed by atoms with Gasteiger partial charge in [-0.25, -0.2) is 4.79 Å². The lowest BCUT2D eigenvalue weighted by Crippen LogP contribution is -2.29. The van der Waals surface area contributed by atoms with E-state index in [0.717, 1.165) is 0 Å². The monoisotopic (exact) mass is 377 g/mol. The molecule has 1 heterocycles. The van der Waals surface area contributed by atoms with Crippen molar-refractivity contribution in [3.05, 3.63) is 52.8 Å². The Balaban J connectivity index is 1.94. The number of para-hydroxylation sites is 1. The first-order valence-electron chi connectivity index (χ1n) is 8.05. The molecular formula is C18H20ClN3O4. The summed E-state index contributed by atoms with van der Waals surface area (Å²) < 4.78 is 4.91. The van der Waals surface area contributed by atoms with E-state index in [1.54, 1.807) is 24.3 Å². The Labute approximate surface area is 156 Å². The SMILES string of the molecule is CC(C)CNC(=O)c1ccccc1NC(=O)COC(=O)c1cc(Cl)c[nH]1. The Morgan fingerprint density at radius 1 is 1.23 bits per heavy atom. The summed E-state index contributed by atoms with van der Waals surface area (Å²) in [5.41, 5.74) is 0.831. The maximum absolute atomic E-state index is 12.2. The Bertz CT molecular complexity index is 801. The molecule has 2 amide bonds. The molecule has 0 aliphatic carbocycles. The number of aromatic nitrogens is 1. The molecule has 8 heteroatoms. The van der Waals surface area contributed by atoms with Crippen LogP contribution in [-0.4, -0.2) is 35.9 Å². The predicted molar refractivity (Wildman–Crippen MR) is 98.3 cm³/mol. The molecule has 0 unspecified atom stereocenters. The van der Waals surface area contributed by atoms with Gasteiger partial charge >= 0.3 is 5.97 Å². The van der Waals surface area contributed by atoms with Gasteiger partial charge in [0.25, 0.3) is 11.8 Å². The molecule has 0 bridgehead atoms. The second-order valence-corrected chi connectivity index (χ2v) is 6.44. The fourth-order valence-electron chi connectivity index (χ4n) is 2.06. The lowest BCUT2D eigenvalue weighted by molar-refractivity contribution is -0.119. The van der Waals surface area contributed by atoms with Gasteiger partial charge in [0.1, 0.15) is 5.69 Å². The van der Waals surface area contributed by atoms with E-state index in [1.807, 2.05) is 13.8 Å². The number of carbonyl (C=O) groups is 3. The fraction of sp³-hybridized carbons (Fsp3) is 0.278. The number of benzene rings is 1. The number of aromatic amines is 1. The Hall–Kier alpha value is -2.80. The second kappa shape index (κ2) is 9.05. The fourth-order valence-corrected chi connectivity index (χ4v) is 2.23. The zero-order valence-electron chi connectivity index (χ0n) is 14.5. The second-order valence-electron chi connectivity index (χ2n) is 6.01. The van der Waals surface area contributed by atoms with Gasteiger partial charge in [0, 0.05) is 12.7 Å². The largest absolute Gasteiger partial charge is 0.451 e. The standard InChI is InChI=1S/C18H20ClN3O4/c1-11(2)8-21-17(24)13-5-3-4-6-14(13)22-16(23)10-26-18(25)15-7-12(19)9-20-15/h3-7,9,11,20H,8,10H2,1-2H3,(H,21,24)(H,22,23). The smallest absolute Gasteiger partial charge is 0.355 e. The summed E-state index contributed by atoms with van der Waals surface area (Å²) in [6, 6.07) is 8.01. The summed E-state index contributed by atoms with van der Waals surface area (Å²) >= 11 is 5.71. The Morgan fingerprint density at radius 3 is 2.62 bits per heavy atom. The van der Waals surface area contributed by atoms with Gasteiger partial charge in [-0.3, -0.25) is 9.59 Å². The number of ether oxygens (including phenoxy) is 1. The third kappa shape index (κ3) is 5.63. The molecule has 0 spiro atoms. The Kier molecular flexibility index (Phi) is 6.80. The van der Waals surface area contributed by atoms with Crippen LogP contribution in [0.15, 0.2) is 36.5 Å². The first kappa shape index (κ1) is 19.5. The maximum Gasteiger partial charge on any atom is 0.355 e. The molecule has 138 valence electrons. The average Bonchev–Trinajstić information content (AvgIpc) is 3.04. The van der Waals surface area contributed by atoms with E-state index in [0.29, 0.717) is 28.7 Å². The van der Waals surface area contributed by atoms with Gasteiger partial charge in [-0.1, -0.05) is 37.6 Å². The number of halogens is 1. The van der Waals surface area contributed by atoms with Crippen molar-refractivity contribution in [2.75, 3.05) is 18.5 Å². The van der Waals surface area contributed by atoms with Crippen molar-refractivity contribution in [2.24, 2.45) is 5.92 Å². The van der Waals surface area contributed by atoms with Crippen LogP contribution in [-0.2, 0) is 9.53 Å². The minimum Gasteiger partial charge on any atom is -0.451 e. The van der Waals surface area contributed by atoms with Crippen LogP contribution in [0, 0.1) is 5.92 Å². The zero-order valence-corrected chi connectivity index (χ0v) is 15.2. The van der Waals surface area contributed by atoms with Crippen LogP contribution < -0.4 is 10.6 Å². The van der Waals surface area contributed by atoms with Crippen molar-refractivity contribution in [1.82, 2.24) is 10.3 Å². The van der Waals surface area contributed by atoms with E-state index in [-0.39, 0.29) is 11.6 Å². The van der Waals surface area contributed by atoms with E-state index in [1.165, 1.54) is 12.3 Å². The highest BCUT2D eigenvalue weighted by Gasteiger charge is 2.15. The molecule has 0 saturated carbocycles. The minimum absolute atomic E-state index is 0.149. The number of amides is 2. The molecule has 0 aliphatic rings. The molecule has 0 fully saturated rings. The summed E-state index contributed by atoms with van der Waals surface area (Å²) in [4.78, 5) is 38.7. The number of hydrogen-bond donors (Lipinski definition) is 3. The van der Waals surface area contributed by atoms with E-state index in [4.69, 9.17) is 16.3 Å². The molecule has 0 radical (unpaired) electrons. The van der Waals surface area contributed by atoms with Crippen LogP contribution in [0.4, 0.5) is 5.69 Å². The molecule has 2 rings (SSSR count). The number of esters is 1. The van der Waals surface area contributed by atoms with Crippen molar-refractivity contribution in [1.29, 1.82) is 0 Å². The van der Waals surface area contributed by atoms with Gasteiger partial charge in [-0.15, -0.1) is 0 Å². The van der Waals surface area contributed by atoms with Gasteiger partial charge in [0.15, 0.2) is 6.61 Å². The lowest BCUT2D eigenvalue weighted by atomic mass is 10.1. The topological polar surface area (TPSA) is 100 Å². The molecule has 1 aromatic heterocycles. The summed E-state index contributed by atoms with van der Waals surface area (Å²) in [5, 5.41) is 5.74. The molecule has 26 heavy (non-hydrogen) atoms. The third-order valence-corrected chi connectivity index (χ3v) is 3.54. The predicted octanol–water partition coefficient (Wildman–Crippen LogP) is 2.85. The molecule has 3 N–H and O–H groups in total. The number of carbonyl (C=O) groups excluding carboxylic acids is 3. The lowest BCUT2D eigenvalue weighted by Gasteiger charge is -2.12. The van der Waals surface area contributed by atoms with Crippen molar-refractivity contribution < 1.29 is 19.1 Å². The number of anilines is 1. The highest BCUT2D eigenvalue weighted by atomic mass is 35.5. The van der Waals surface area contributed by atoms with E-state index >= 15 is 0 Å². The molecule has 2 aromatic rings. The summed E-state index contributed by atoms with van der Waals surface area (Å²) in [6.45, 7) is 4.01. The average molecular weight is 378 g/mol. The van der Waals surface area contributed by atoms with E-state index in [9.17, 15) is 14.4 Å². The molecule has 1 aromatic carbocycles. The van der Waals surface area contributed by atoms with Crippen molar-refractivity contribution in [3.63, 3.8) is 0 Å². The van der Waals surface area contributed by atoms with Gasteiger partial charge < -0.3 is 20.4 Å². The number of hydrogen-bond acceptors (Lipinski definition) is 4. The first-order chi connectivity index (χ1) is 12.4. The highest BCUT2D eigenvalue weighted by molar-refractivity contribution is 6.30. The normalized spacial score (nSPS) is 10.5. The molecule has 0 saturated heterocycles.